The fraction of sp³-hybridized carbons (Fsp3) is 0.953. The average Bonchev–Trinajstić information content (AvgIpc) is 3.08. The van der Waals surface area contributed by atoms with Gasteiger partial charge in [0.15, 0.2) is 6.10 Å². The molecule has 1 atom stereocenters. The Kier molecular flexibility index (Phi) is 39.4. The highest BCUT2D eigenvalue weighted by molar-refractivity contribution is 5.70. The van der Waals surface area contributed by atoms with Gasteiger partial charge in [-0.2, -0.15) is 0 Å². The quantitative estimate of drug-likeness (QED) is 0.0476. The lowest BCUT2D eigenvalue weighted by Gasteiger charge is -2.18. The molecule has 0 spiro atoms. The summed E-state index contributed by atoms with van der Waals surface area (Å²) in [5.41, 5.74) is 0. The normalized spacial score (nSPS) is 12.0. The standard InChI is InChI=1S/C43H84O5/c1-4-7-10-13-15-16-17-18-19-20-21-22-23-24-25-26-27-29-32-35-38-46-39-41(48-43(45)37-34-30-12-9-6-3)40-47-42(44)36-33-31-28-14-11-8-5-2/h41H,4-40H2,1-3H3. The van der Waals surface area contributed by atoms with Crippen molar-refractivity contribution in [2.45, 2.75) is 245 Å². The zero-order chi connectivity index (χ0) is 35.0. The predicted molar refractivity (Wildman–Crippen MR) is 206 cm³/mol. The molecule has 0 N–H and O–H groups in total. The molecule has 286 valence electrons. The van der Waals surface area contributed by atoms with Gasteiger partial charge in [0.25, 0.3) is 0 Å². The minimum atomic E-state index is -0.517. The Morgan fingerprint density at radius 2 is 0.688 bits per heavy atom. The average molecular weight is 681 g/mol. The van der Waals surface area contributed by atoms with Crippen LogP contribution in [0.3, 0.4) is 0 Å². The van der Waals surface area contributed by atoms with E-state index in [1.807, 2.05) is 0 Å². The zero-order valence-corrected chi connectivity index (χ0v) is 32.8. The zero-order valence-electron chi connectivity index (χ0n) is 32.8. The van der Waals surface area contributed by atoms with Crippen LogP contribution in [0.2, 0.25) is 0 Å². The number of carbonyl (C=O) groups is 2. The van der Waals surface area contributed by atoms with E-state index >= 15 is 0 Å². The van der Waals surface area contributed by atoms with Crippen LogP contribution in [-0.4, -0.2) is 37.9 Å². The first-order chi connectivity index (χ1) is 23.6. The Morgan fingerprint density at radius 3 is 1.06 bits per heavy atom. The number of unbranched alkanes of at least 4 members (excludes halogenated alkanes) is 29. The summed E-state index contributed by atoms with van der Waals surface area (Å²) in [5, 5.41) is 0. The molecule has 0 amide bonds. The largest absolute Gasteiger partial charge is 0.462 e. The van der Waals surface area contributed by atoms with Gasteiger partial charge in [0.2, 0.25) is 0 Å². The molecule has 0 aromatic carbocycles. The van der Waals surface area contributed by atoms with E-state index in [-0.39, 0.29) is 18.5 Å². The van der Waals surface area contributed by atoms with Crippen molar-refractivity contribution in [1.29, 1.82) is 0 Å². The molecular weight excluding hydrogens is 596 g/mol. The molecule has 0 aromatic rings. The van der Waals surface area contributed by atoms with Crippen LogP contribution in [0.25, 0.3) is 0 Å². The summed E-state index contributed by atoms with van der Waals surface area (Å²) in [5.74, 6) is -0.403. The lowest BCUT2D eigenvalue weighted by molar-refractivity contribution is -0.163. The van der Waals surface area contributed by atoms with Gasteiger partial charge < -0.3 is 14.2 Å². The highest BCUT2D eigenvalue weighted by atomic mass is 16.6. The van der Waals surface area contributed by atoms with Crippen LogP contribution >= 0.6 is 0 Å². The molecule has 5 nitrogen and oxygen atoms in total. The summed E-state index contributed by atoms with van der Waals surface area (Å²) in [6.45, 7) is 7.76. The van der Waals surface area contributed by atoms with Crippen LogP contribution < -0.4 is 0 Å². The maximum atomic E-state index is 12.5. The first-order valence-corrected chi connectivity index (χ1v) is 21.6. The predicted octanol–water partition coefficient (Wildman–Crippen LogP) is 13.8. The summed E-state index contributed by atoms with van der Waals surface area (Å²) in [7, 11) is 0. The second-order valence-electron chi connectivity index (χ2n) is 14.6. The Morgan fingerprint density at radius 1 is 0.375 bits per heavy atom. The van der Waals surface area contributed by atoms with E-state index in [0.29, 0.717) is 26.1 Å². The number of esters is 2. The number of hydrogen-bond donors (Lipinski definition) is 0. The summed E-state index contributed by atoms with van der Waals surface area (Å²) in [4.78, 5) is 24.8. The van der Waals surface area contributed by atoms with E-state index in [1.54, 1.807) is 0 Å². The second kappa shape index (κ2) is 40.3. The number of ether oxygens (including phenoxy) is 3. The molecule has 0 heterocycles. The molecule has 0 rings (SSSR count). The van der Waals surface area contributed by atoms with Crippen molar-refractivity contribution in [1.82, 2.24) is 0 Å². The molecule has 0 aliphatic heterocycles. The Labute approximate surface area is 300 Å². The topological polar surface area (TPSA) is 61.8 Å². The van der Waals surface area contributed by atoms with Gasteiger partial charge in [0.05, 0.1) is 6.61 Å². The van der Waals surface area contributed by atoms with Crippen LogP contribution in [0, 0.1) is 0 Å². The third-order valence-corrected chi connectivity index (χ3v) is 9.64. The highest BCUT2D eigenvalue weighted by Crippen LogP contribution is 2.15. The first kappa shape index (κ1) is 46.9. The van der Waals surface area contributed by atoms with E-state index in [2.05, 4.69) is 20.8 Å². The van der Waals surface area contributed by atoms with Crippen molar-refractivity contribution < 1.29 is 23.8 Å². The summed E-state index contributed by atoms with van der Waals surface area (Å²) >= 11 is 0. The minimum Gasteiger partial charge on any atom is -0.462 e. The molecule has 0 aliphatic carbocycles. The second-order valence-corrected chi connectivity index (χ2v) is 14.6. The molecular formula is C43H84O5. The van der Waals surface area contributed by atoms with E-state index in [0.717, 1.165) is 38.5 Å². The van der Waals surface area contributed by atoms with E-state index in [9.17, 15) is 9.59 Å². The van der Waals surface area contributed by atoms with Gasteiger partial charge in [-0.1, -0.05) is 207 Å². The van der Waals surface area contributed by atoms with Crippen molar-refractivity contribution in [3.8, 4) is 0 Å². The van der Waals surface area contributed by atoms with Crippen LogP contribution in [0.1, 0.15) is 239 Å². The number of rotatable bonds is 40. The van der Waals surface area contributed by atoms with E-state index in [1.165, 1.54) is 167 Å². The molecule has 0 radical (unpaired) electrons. The van der Waals surface area contributed by atoms with Crippen molar-refractivity contribution in [2.75, 3.05) is 19.8 Å². The van der Waals surface area contributed by atoms with Crippen LogP contribution in [0.15, 0.2) is 0 Å². The fourth-order valence-corrected chi connectivity index (χ4v) is 6.39. The summed E-state index contributed by atoms with van der Waals surface area (Å²) in [6, 6.07) is 0. The van der Waals surface area contributed by atoms with Crippen molar-refractivity contribution in [3.63, 3.8) is 0 Å². The van der Waals surface area contributed by atoms with Crippen LogP contribution in [0.5, 0.6) is 0 Å². The van der Waals surface area contributed by atoms with Gasteiger partial charge >= 0.3 is 11.9 Å². The Balaban J connectivity index is 3.87. The van der Waals surface area contributed by atoms with Gasteiger partial charge in [-0.05, 0) is 19.3 Å². The molecule has 0 bridgehead atoms. The SMILES string of the molecule is CCCCCCCCCCCCCCCCCCCCCCOCC(COC(=O)CCCCCCCCC)OC(=O)CCCCCCC. The minimum absolute atomic E-state index is 0.0934. The Bertz CT molecular complexity index is 651. The molecule has 1 unspecified atom stereocenters. The lowest BCUT2D eigenvalue weighted by Crippen LogP contribution is -2.30. The molecule has 0 aliphatic rings. The van der Waals surface area contributed by atoms with Gasteiger partial charge in [-0.25, -0.2) is 0 Å². The number of carbonyl (C=O) groups excluding carboxylic acids is 2. The first-order valence-electron chi connectivity index (χ1n) is 21.6. The lowest BCUT2D eigenvalue weighted by atomic mass is 10.0. The highest BCUT2D eigenvalue weighted by Gasteiger charge is 2.17. The fourth-order valence-electron chi connectivity index (χ4n) is 6.39. The maximum Gasteiger partial charge on any atom is 0.306 e. The summed E-state index contributed by atoms with van der Waals surface area (Å²) < 4.78 is 17.1. The van der Waals surface area contributed by atoms with Crippen molar-refractivity contribution >= 4 is 11.9 Å². The van der Waals surface area contributed by atoms with E-state index in [4.69, 9.17) is 14.2 Å². The maximum absolute atomic E-state index is 12.5. The molecule has 0 saturated carbocycles. The third-order valence-electron chi connectivity index (χ3n) is 9.64. The van der Waals surface area contributed by atoms with Gasteiger partial charge in [0, 0.05) is 19.4 Å². The van der Waals surface area contributed by atoms with E-state index < -0.39 is 6.10 Å². The van der Waals surface area contributed by atoms with Gasteiger partial charge in [0.1, 0.15) is 6.61 Å². The molecule has 5 heteroatoms. The molecule has 0 aromatic heterocycles. The van der Waals surface area contributed by atoms with Gasteiger partial charge in [-0.15, -0.1) is 0 Å². The van der Waals surface area contributed by atoms with Crippen molar-refractivity contribution in [2.24, 2.45) is 0 Å². The Hall–Kier alpha value is -1.10. The van der Waals surface area contributed by atoms with Crippen molar-refractivity contribution in [3.05, 3.63) is 0 Å². The monoisotopic (exact) mass is 681 g/mol. The van der Waals surface area contributed by atoms with Gasteiger partial charge in [-0.3, -0.25) is 9.59 Å². The molecule has 0 saturated heterocycles. The molecule has 0 fully saturated rings. The molecule has 48 heavy (non-hydrogen) atoms. The van der Waals surface area contributed by atoms with Crippen LogP contribution in [0.4, 0.5) is 0 Å². The number of hydrogen-bond acceptors (Lipinski definition) is 5. The third kappa shape index (κ3) is 37.7. The van der Waals surface area contributed by atoms with Crippen LogP contribution in [-0.2, 0) is 23.8 Å². The smallest absolute Gasteiger partial charge is 0.306 e. The summed E-state index contributed by atoms with van der Waals surface area (Å²) in [6.07, 6.45) is 41.4.